The van der Waals surface area contributed by atoms with Crippen LogP contribution in [0.5, 0.6) is 0 Å². The topological polar surface area (TPSA) is 88.2 Å². The number of rotatable bonds is 6. The van der Waals surface area contributed by atoms with Gasteiger partial charge in [-0.05, 0) is 42.7 Å². The first kappa shape index (κ1) is 18.3. The van der Waals surface area contributed by atoms with E-state index in [1.54, 1.807) is 24.3 Å². The van der Waals surface area contributed by atoms with Gasteiger partial charge in [-0.3, -0.25) is 4.79 Å². The number of anilines is 1. The number of pyridine rings is 1. The number of aromatic nitrogens is 1. The molecular weight excluding hydrogens is 357 g/mol. The van der Waals surface area contributed by atoms with Gasteiger partial charge < -0.3 is 10.6 Å². The Morgan fingerprint density at radius 3 is 2.58 bits per heavy atom. The van der Waals surface area contributed by atoms with Crippen LogP contribution in [0.3, 0.4) is 0 Å². The fourth-order valence-electron chi connectivity index (χ4n) is 2.80. The lowest BCUT2D eigenvalue weighted by Crippen LogP contribution is -2.35. The first-order valence-electron chi connectivity index (χ1n) is 8.37. The highest BCUT2D eigenvalue weighted by molar-refractivity contribution is 7.91. The monoisotopic (exact) mass is 377 g/mol. The van der Waals surface area contributed by atoms with E-state index in [0.717, 1.165) is 12.0 Å². The molecule has 1 atom stereocenters. The molecule has 1 aromatic heterocycles. The number of nitrogens with one attached hydrogen (secondary N) is 2. The van der Waals surface area contributed by atoms with E-state index < -0.39 is 9.84 Å². The van der Waals surface area contributed by atoms with Crippen LogP contribution in [0, 0.1) is 5.82 Å². The normalized spacial score (nSPS) is 18.4. The number of halogens is 1. The highest BCUT2D eigenvalue weighted by Gasteiger charge is 2.29. The molecular formula is C18H20FN3O3S. The molecule has 138 valence electrons. The molecule has 1 aliphatic heterocycles. The second-order valence-corrected chi connectivity index (χ2v) is 8.54. The van der Waals surface area contributed by atoms with Gasteiger partial charge in [0.15, 0.2) is 9.84 Å². The quantitative estimate of drug-likeness (QED) is 0.801. The Morgan fingerprint density at radius 2 is 1.96 bits per heavy atom. The van der Waals surface area contributed by atoms with Gasteiger partial charge in [0, 0.05) is 18.8 Å². The maximum Gasteiger partial charge on any atom is 0.253 e. The van der Waals surface area contributed by atoms with Crippen molar-refractivity contribution in [1.82, 2.24) is 10.3 Å². The highest BCUT2D eigenvalue weighted by atomic mass is 32.2. The van der Waals surface area contributed by atoms with Gasteiger partial charge >= 0.3 is 0 Å². The SMILES string of the molecule is O=C(NC1CCS(=O)(=O)C1)c1ccc(NCCc2ccc(F)cc2)nc1. The number of benzene rings is 1. The van der Waals surface area contributed by atoms with E-state index in [-0.39, 0.29) is 29.3 Å². The average Bonchev–Trinajstić information content (AvgIpc) is 2.96. The van der Waals surface area contributed by atoms with Gasteiger partial charge in [0.2, 0.25) is 0 Å². The lowest BCUT2D eigenvalue weighted by Gasteiger charge is -2.11. The van der Waals surface area contributed by atoms with Crippen LogP contribution in [-0.4, -0.2) is 43.4 Å². The molecule has 2 N–H and O–H groups in total. The first-order valence-corrected chi connectivity index (χ1v) is 10.2. The standard InChI is InChI=1S/C18H20FN3O3S/c19-15-4-1-13(2-5-15)7-9-20-17-6-3-14(11-21-17)18(23)22-16-8-10-26(24,25)12-16/h1-6,11,16H,7-10,12H2,(H,20,21)(H,22,23). The van der Waals surface area contributed by atoms with E-state index in [2.05, 4.69) is 15.6 Å². The largest absolute Gasteiger partial charge is 0.370 e. The van der Waals surface area contributed by atoms with Crippen molar-refractivity contribution in [2.75, 3.05) is 23.4 Å². The molecule has 1 fully saturated rings. The van der Waals surface area contributed by atoms with Crippen LogP contribution in [0.4, 0.5) is 10.2 Å². The van der Waals surface area contributed by atoms with Gasteiger partial charge in [0.1, 0.15) is 11.6 Å². The zero-order valence-electron chi connectivity index (χ0n) is 14.1. The van der Waals surface area contributed by atoms with Gasteiger partial charge in [0.05, 0.1) is 17.1 Å². The fourth-order valence-corrected chi connectivity index (χ4v) is 4.47. The predicted molar refractivity (Wildman–Crippen MR) is 97.4 cm³/mol. The molecule has 1 saturated heterocycles. The Kier molecular flexibility index (Phi) is 5.51. The van der Waals surface area contributed by atoms with E-state index in [1.807, 2.05) is 0 Å². The van der Waals surface area contributed by atoms with E-state index in [9.17, 15) is 17.6 Å². The number of carbonyl (C=O) groups excluding carboxylic acids is 1. The van der Waals surface area contributed by atoms with Crippen molar-refractivity contribution in [3.8, 4) is 0 Å². The Labute approximate surface area is 151 Å². The lowest BCUT2D eigenvalue weighted by molar-refractivity contribution is 0.0941. The molecule has 1 unspecified atom stereocenters. The maximum absolute atomic E-state index is 12.9. The molecule has 0 aliphatic carbocycles. The summed E-state index contributed by atoms with van der Waals surface area (Å²) in [5.41, 5.74) is 1.40. The summed E-state index contributed by atoms with van der Waals surface area (Å²) in [6, 6.07) is 9.34. The number of amides is 1. The van der Waals surface area contributed by atoms with E-state index >= 15 is 0 Å². The minimum Gasteiger partial charge on any atom is -0.370 e. The molecule has 3 rings (SSSR count). The van der Waals surface area contributed by atoms with Crippen molar-refractivity contribution in [1.29, 1.82) is 0 Å². The van der Waals surface area contributed by atoms with Crippen molar-refractivity contribution in [3.63, 3.8) is 0 Å². The Morgan fingerprint density at radius 1 is 1.19 bits per heavy atom. The summed E-state index contributed by atoms with van der Waals surface area (Å²) in [6.45, 7) is 0.629. The van der Waals surface area contributed by atoms with Gasteiger partial charge in [0.25, 0.3) is 5.91 Å². The Bertz CT molecular complexity index is 868. The molecule has 1 aromatic carbocycles. The van der Waals surface area contributed by atoms with Crippen LogP contribution >= 0.6 is 0 Å². The summed E-state index contributed by atoms with van der Waals surface area (Å²) in [4.78, 5) is 16.4. The minimum atomic E-state index is -3.03. The number of carbonyl (C=O) groups is 1. The molecule has 1 amide bonds. The molecule has 0 bridgehead atoms. The minimum absolute atomic E-state index is 0.00477. The Balaban J connectivity index is 1.48. The summed E-state index contributed by atoms with van der Waals surface area (Å²) in [6.07, 6.45) is 2.63. The molecule has 0 saturated carbocycles. The first-order chi connectivity index (χ1) is 12.4. The van der Waals surface area contributed by atoms with Crippen molar-refractivity contribution in [2.45, 2.75) is 18.9 Å². The second-order valence-electron chi connectivity index (χ2n) is 6.31. The third-order valence-corrected chi connectivity index (χ3v) is 5.99. The number of hydrogen-bond donors (Lipinski definition) is 2. The van der Waals surface area contributed by atoms with Crippen molar-refractivity contribution in [2.24, 2.45) is 0 Å². The molecule has 6 nitrogen and oxygen atoms in total. The predicted octanol–water partition coefficient (Wildman–Crippen LogP) is 1.79. The fraction of sp³-hybridized carbons (Fsp3) is 0.333. The summed E-state index contributed by atoms with van der Waals surface area (Å²) in [7, 11) is -3.03. The Hall–Kier alpha value is -2.48. The van der Waals surface area contributed by atoms with Crippen LogP contribution < -0.4 is 10.6 Å². The van der Waals surface area contributed by atoms with Gasteiger partial charge in [-0.15, -0.1) is 0 Å². The summed E-state index contributed by atoms with van der Waals surface area (Å²) >= 11 is 0. The second kappa shape index (κ2) is 7.82. The highest BCUT2D eigenvalue weighted by Crippen LogP contribution is 2.13. The average molecular weight is 377 g/mol. The molecule has 2 heterocycles. The van der Waals surface area contributed by atoms with E-state index in [0.29, 0.717) is 24.3 Å². The molecule has 1 aliphatic rings. The number of hydrogen-bond acceptors (Lipinski definition) is 5. The summed E-state index contributed by atoms with van der Waals surface area (Å²) in [5.74, 6) is 0.166. The molecule has 8 heteroatoms. The third kappa shape index (κ3) is 5.01. The van der Waals surface area contributed by atoms with Gasteiger partial charge in [-0.1, -0.05) is 12.1 Å². The van der Waals surface area contributed by atoms with Gasteiger partial charge in [-0.2, -0.15) is 0 Å². The van der Waals surface area contributed by atoms with Crippen LogP contribution in [0.2, 0.25) is 0 Å². The number of sulfone groups is 1. The zero-order valence-corrected chi connectivity index (χ0v) is 14.9. The third-order valence-electron chi connectivity index (χ3n) is 4.23. The maximum atomic E-state index is 12.9. The van der Waals surface area contributed by atoms with E-state index in [4.69, 9.17) is 0 Å². The van der Waals surface area contributed by atoms with Crippen molar-refractivity contribution in [3.05, 3.63) is 59.5 Å². The smallest absolute Gasteiger partial charge is 0.253 e. The molecule has 2 aromatic rings. The molecule has 0 spiro atoms. The molecule has 26 heavy (non-hydrogen) atoms. The van der Waals surface area contributed by atoms with Gasteiger partial charge in [-0.25, -0.2) is 17.8 Å². The van der Waals surface area contributed by atoms with Crippen LogP contribution in [0.15, 0.2) is 42.6 Å². The van der Waals surface area contributed by atoms with Crippen LogP contribution in [-0.2, 0) is 16.3 Å². The van der Waals surface area contributed by atoms with Crippen molar-refractivity contribution < 1.29 is 17.6 Å². The summed E-state index contributed by atoms with van der Waals surface area (Å²) in [5, 5.41) is 5.87. The van der Waals surface area contributed by atoms with E-state index in [1.165, 1.54) is 18.3 Å². The van der Waals surface area contributed by atoms with Crippen LogP contribution in [0.1, 0.15) is 22.3 Å². The lowest BCUT2D eigenvalue weighted by atomic mass is 10.1. The molecule has 0 radical (unpaired) electrons. The zero-order chi connectivity index (χ0) is 18.6. The van der Waals surface area contributed by atoms with Crippen molar-refractivity contribution >= 4 is 21.6 Å². The summed E-state index contributed by atoms with van der Waals surface area (Å²) < 4.78 is 35.7. The van der Waals surface area contributed by atoms with Crippen LogP contribution in [0.25, 0.3) is 0 Å². The number of nitrogens with zero attached hydrogens (tertiary/aromatic N) is 1.